The van der Waals surface area contributed by atoms with Gasteiger partial charge in [0.25, 0.3) is 0 Å². The minimum atomic E-state index is -3.51. The normalized spacial score (nSPS) is 11.8. The van der Waals surface area contributed by atoms with Gasteiger partial charge in [-0.3, -0.25) is 4.68 Å². The van der Waals surface area contributed by atoms with Crippen LogP contribution in [0.15, 0.2) is 35.5 Å². The largest absolute Gasteiger partial charge is 0.326 e. The zero-order valence-electron chi connectivity index (χ0n) is 12.2. The van der Waals surface area contributed by atoms with Crippen LogP contribution in [0.5, 0.6) is 0 Å². The van der Waals surface area contributed by atoms with Gasteiger partial charge in [-0.05, 0) is 36.6 Å². The molecular formula is C14H20N4O2S. The summed E-state index contributed by atoms with van der Waals surface area (Å²) in [4.78, 5) is 0.288. The van der Waals surface area contributed by atoms with Crippen molar-refractivity contribution < 1.29 is 8.42 Å². The van der Waals surface area contributed by atoms with Gasteiger partial charge in [0.1, 0.15) is 0 Å². The Balaban J connectivity index is 2.04. The first-order valence-corrected chi connectivity index (χ1v) is 8.19. The number of rotatable bonds is 6. The first kappa shape index (κ1) is 15.7. The van der Waals surface area contributed by atoms with Crippen molar-refractivity contribution in [3.63, 3.8) is 0 Å². The van der Waals surface area contributed by atoms with E-state index in [0.717, 1.165) is 11.1 Å². The van der Waals surface area contributed by atoms with Gasteiger partial charge in [-0.1, -0.05) is 12.1 Å². The van der Waals surface area contributed by atoms with Gasteiger partial charge in [-0.2, -0.15) is 5.10 Å². The van der Waals surface area contributed by atoms with Gasteiger partial charge in [0.15, 0.2) is 0 Å². The number of nitrogens with one attached hydrogen (secondary N) is 1. The molecule has 7 heteroatoms. The van der Waals surface area contributed by atoms with E-state index >= 15 is 0 Å². The van der Waals surface area contributed by atoms with E-state index in [0.29, 0.717) is 25.2 Å². The second-order valence-electron chi connectivity index (χ2n) is 4.98. The second kappa shape index (κ2) is 6.38. The summed E-state index contributed by atoms with van der Waals surface area (Å²) in [7, 11) is -3.51. The van der Waals surface area contributed by atoms with Crippen molar-refractivity contribution in [3.05, 3.63) is 47.3 Å². The molecule has 114 valence electrons. The topological polar surface area (TPSA) is 90.0 Å². The molecule has 0 bridgehead atoms. The predicted molar refractivity (Wildman–Crippen MR) is 81.2 cm³/mol. The summed E-state index contributed by atoms with van der Waals surface area (Å²) in [5, 5.41) is 4.12. The van der Waals surface area contributed by atoms with E-state index in [2.05, 4.69) is 9.82 Å². The van der Waals surface area contributed by atoms with Crippen LogP contribution in [-0.4, -0.2) is 24.7 Å². The van der Waals surface area contributed by atoms with Crippen molar-refractivity contribution in [2.24, 2.45) is 5.73 Å². The molecule has 2 rings (SSSR count). The van der Waals surface area contributed by atoms with Crippen molar-refractivity contribution in [2.45, 2.75) is 31.8 Å². The van der Waals surface area contributed by atoms with E-state index in [9.17, 15) is 8.42 Å². The quantitative estimate of drug-likeness (QED) is 0.831. The van der Waals surface area contributed by atoms with Crippen LogP contribution in [0.2, 0.25) is 0 Å². The molecule has 3 N–H and O–H groups in total. The van der Waals surface area contributed by atoms with Gasteiger partial charge in [-0.25, -0.2) is 13.1 Å². The van der Waals surface area contributed by atoms with E-state index in [1.54, 1.807) is 36.0 Å². The third-order valence-corrected chi connectivity index (χ3v) is 4.78. The van der Waals surface area contributed by atoms with Gasteiger partial charge in [0.05, 0.1) is 17.6 Å². The van der Waals surface area contributed by atoms with Gasteiger partial charge in [0.2, 0.25) is 10.0 Å². The first-order chi connectivity index (χ1) is 9.92. The highest BCUT2D eigenvalue weighted by Crippen LogP contribution is 2.16. The molecule has 0 spiro atoms. The lowest BCUT2D eigenvalue weighted by molar-refractivity contribution is 0.560. The molecule has 6 nitrogen and oxygen atoms in total. The minimum Gasteiger partial charge on any atom is -0.326 e. The molecule has 0 aliphatic carbocycles. The van der Waals surface area contributed by atoms with Crippen molar-refractivity contribution in [1.82, 2.24) is 14.5 Å². The number of sulfonamides is 1. The highest BCUT2D eigenvalue weighted by Gasteiger charge is 2.16. The predicted octanol–water partition coefficient (Wildman–Crippen LogP) is 0.937. The van der Waals surface area contributed by atoms with Gasteiger partial charge in [0, 0.05) is 19.3 Å². The maximum Gasteiger partial charge on any atom is 0.240 e. The third kappa shape index (κ3) is 3.90. The molecule has 0 unspecified atom stereocenters. The molecule has 0 aliphatic heterocycles. The number of benzene rings is 1. The molecule has 0 fully saturated rings. The van der Waals surface area contributed by atoms with Crippen LogP contribution in [0.3, 0.4) is 0 Å². The molecule has 0 amide bonds. The fourth-order valence-corrected chi connectivity index (χ4v) is 3.35. The monoisotopic (exact) mass is 308 g/mol. The highest BCUT2D eigenvalue weighted by molar-refractivity contribution is 7.89. The zero-order valence-corrected chi connectivity index (χ0v) is 13.0. The Kier molecular flexibility index (Phi) is 4.76. The van der Waals surface area contributed by atoms with Crippen LogP contribution in [0.1, 0.15) is 16.7 Å². The maximum atomic E-state index is 12.3. The summed E-state index contributed by atoms with van der Waals surface area (Å²) in [6.45, 7) is 4.89. The number of aromatic nitrogens is 2. The van der Waals surface area contributed by atoms with Gasteiger partial charge < -0.3 is 5.73 Å². The number of hydrogen-bond acceptors (Lipinski definition) is 4. The first-order valence-electron chi connectivity index (χ1n) is 6.70. The Hall–Kier alpha value is -1.70. The average Bonchev–Trinajstić information content (AvgIpc) is 2.83. The number of nitrogens with zero attached hydrogens (tertiary/aromatic N) is 2. The van der Waals surface area contributed by atoms with E-state index in [-0.39, 0.29) is 4.90 Å². The Bertz CT molecular complexity index is 722. The Labute approximate surface area is 125 Å². The molecule has 0 radical (unpaired) electrons. The van der Waals surface area contributed by atoms with Crippen molar-refractivity contribution in [3.8, 4) is 0 Å². The summed E-state index contributed by atoms with van der Waals surface area (Å²) in [6.07, 6.45) is 3.61. The summed E-state index contributed by atoms with van der Waals surface area (Å²) in [5.74, 6) is 0. The number of hydrogen-bond donors (Lipinski definition) is 2. The molecule has 0 saturated heterocycles. The number of aryl methyl sites for hydroxylation is 2. The van der Waals surface area contributed by atoms with Crippen molar-refractivity contribution >= 4 is 10.0 Å². The van der Waals surface area contributed by atoms with Crippen LogP contribution in [-0.2, 0) is 23.1 Å². The summed E-state index contributed by atoms with van der Waals surface area (Å²) >= 11 is 0. The lowest BCUT2D eigenvalue weighted by Crippen LogP contribution is -2.28. The maximum absolute atomic E-state index is 12.3. The molecule has 2 aromatic rings. The van der Waals surface area contributed by atoms with Crippen LogP contribution in [0.4, 0.5) is 0 Å². The standard InChI is InChI=1S/C14H20N4O2S/c1-11-9-16-18(10-11)6-5-17-21(19,20)14-4-3-13(8-15)7-12(14)2/h3-4,7,9-10,17H,5-6,8,15H2,1-2H3. The Morgan fingerprint density at radius 1 is 1.33 bits per heavy atom. The molecule has 0 aliphatic rings. The van der Waals surface area contributed by atoms with E-state index in [1.807, 2.05) is 13.1 Å². The van der Waals surface area contributed by atoms with Gasteiger partial charge in [-0.15, -0.1) is 0 Å². The van der Waals surface area contributed by atoms with Crippen LogP contribution in [0, 0.1) is 13.8 Å². The number of nitrogens with two attached hydrogens (primary N) is 1. The summed E-state index contributed by atoms with van der Waals surface area (Å²) < 4.78 is 28.9. The highest BCUT2D eigenvalue weighted by atomic mass is 32.2. The van der Waals surface area contributed by atoms with E-state index in [4.69, 9.17) is 5.73 Å². The Morgan fingerprint density at radius 3 is 2.67 bits per heavy atom. The van der Waals surface area contributed by atoms with Crippen LogP contribution < -0.4 is 10.5 Å². The molecule has 1 aromatic heterocycles. The van der Waals surface area contributed by atoms with Crippen LogP contribution in [0.25, 0.3) is 0 Å². The van der Waals surface area contributed by atoms with Gasteiger partial charge >= 0.3 is 0 Å². The van der Waals surface area contributed by atoms with Crippen molar-refractivity contribution in [2.75, 3.05) is 6.54 Å². The molecule has 0 saturated carbocycles. The molecular weight excluding hydrogens is 288 g/mol. The lowest BCUT2D eigenvalue weighted by atomic mass is 10.1. The zero-order chi connectivity index (χ0) is 15.5. The van der Waals surface area contributed by atoms with E-state index < -0.39 is 10.0 Å². The smallest absolute Gasteiger partial charge is 0.240 e. The minimum absolute atomic E-state index is 0.288. The molecule has 21 heavy (non-hydrogen) atoms. The molecule has 0 atom stereocenters. The fraction of sp³-hybridized carbons (Fsp3) is 0.357. The van der Waals surface area contributed by atoms with Crippen LogP contribution >= 0.6 is 0 Å². The SMILES string of the molecule is Cc1cnn(CCNS(=O)(=O)c2ccc(CN)cc2C)c1. The average molecular weight is 308 g/mol. The Morgan fingerprint density at radius 2 is 2.10 bits per heavy atom. The molecule has 1 aromatic carbocycles. The lowest BCUT2D eigenvalue weighted by Gasteiger charge is -2.10. The fourth-order valence-electron chi connectivity index (χ4n) is 2.10. The van der Waals surface area contributed by atoms with E-state index in [1.165, 1.54) is 0 Å². The third-order valence-electron chi connectivity index (χ3n) is 3.16. The summed E-state index contributed by atoms with van der Waals surface area (Å²) in [5.41, 5.74) is 8.21. The van der Waals surface area contributed by atoms with Crippen molar-refractivity contribution in [1.29, 1.82) is 0 Å². The second-order valence-corrected chi connectivity index (χ2v) is 6.72. The summed E-state index contributed by atoms with van der Waals surface area (Å²) in [6, 6.07) is 5.13. The molecule has 1 heterocycles.